The summed E-state index contributed by atoms with van der Waals surface area (Å²) in [6, 6.07) is 17.0. The fourth-order valence-electron chi connectivity index (χ4n) is 2.43. The van der Waals surface area contributed by atoms with Gasteiger partial charge in [0.1, 0.15) is 5.75 Å². The zero-order valence-corrected chi connectivity index (χ0v) is 14.7. The quantitative estimate of drug-likeness (QED) is 0.554. The van der Waals surface area contributed by atoms with E-state index >= 15 is 0 Å². The summed E-state index contributed by atoms with van der Waals surface area (Å²) in [6.45, 7) is 0.498. The molecule has 0 bridgehead atoms. The third kappa shape index (κ3) is 3.38. The summed E-state index contributed by atoms with van der Waals surface area (Å²) in [4.78, 5) is 7.41. The lowest BCUT2D eigenvalue weighted by atomic mass is 10.2. The van der Waals surface area contributed by atoms with Crippen LogP contribution in [-0.2, 0) is 6.54 Å². The summed E-state index contributed by atoms with van der Waals surface area (Å²) in [5, 5.41) is 22.6. The zero-order chi connectivity index (χ0) is 17.1. The number of anilines is 2. The van der Waals surface area contributed by atoms with Gasteiger partial charge in [-0.2, -0.15) is 0 Å². The minimum atomic E-state index is 0.200. The molecule has 124 valence electrons. The van der Waals surface area contributed by atoms with Crippen molar-refractivity contribution in [3.05, 3.63) is 71.9 Å². The van der Waals surface area contributed by atoms with E-state index in [-0.39, 0.29) is 5.75 Å². The van der Waals surface area contributed by atoms with Crippen LogP contribution in [0.5, 0.6) is 5.75 Å². The molecule has 0 aliphatic rings. The Balaban J connectivity index is 1.74. The van der Waals surface area contributed by atoms with Gasteiger partial charge in [-0.05, 0) is 35.7 Å². The summed E-state index contributed by atoms with van der Waals surface area (Å²) in [7, 11) is 0. The van der Waals surface area contributed by atoms with Crippen LogP contribution in [0.3, 0.4) is 0 Å². The molecule has 0 radical (unpaired) electrons. The predicted octanol–water partition coefficient (Wildman–Crippen LogP) is 4.71. The molecule has 1 N–H and O–H groups in total. The van der Waals surface area contributed by atoms with Gasteiger partial charge in [-0.1, -0.05) is 35.6 Å². The number of phenols is 1. The molecule has 0 amide bonds. The number of phenolic OH excluding ortho intramolecular Hbond substituents is 1. The second kappa shape index (κ2) is 7.00. The molecule has 0 unspecified atom stereocenters. The molecule has 3 heterocycles. The van der Waals surface area contributed by atoms with Crippen molar-refractivity contribution in [2.75, 3.05) is 4.90 Å². The van der Waals surface area contributed by atoms with Gasteiger partial charge in [-0.15, -0.1) is 21.5 Å². The number of hydrogen-bond donors (Lipinski definition) is 1. The van der Waals surface area contributed by atoms with Crippen molar-refractivity contribution >= 4 is 33.5 Å². The largest absolute Gasteiger partial charge is 0.506 e. The summed E-state index contributed by atoms with van der Waals surface area (Å²) in [5.41, 5.74) is 1.57. The highest BCUT2D eigenvalue weighted by Gasteiger charge is 2.19. The van der Waals surface area contributed by atoms with Gasteiger partial charge in [-0.3, -0.25) is 4.98 Å². The first-order chi connectivity index (χ1) is 12.3. The van der Waals surface area contributed by atoms with E-state index in [0.717, 1.165) is 20.7 Å². The lowest BCUT2D eigenvalue weighted by molar-refractivity contribution is 0.475. The highest BCUT2D eigenvalue weighted by atomic mass is 32.1. The van der Waals surface area contributed by atoms with Crippen LogP contribution in [0.2, 0.25) is 0 Å². The molecule has 4 aromatic rings. The molecule has 7 heteroatoms. The number of benzene rings is 1. The highest BCUT2D eigenvalue weighted by molar-refractivity contribution is 7.23. The monoisotopic (exact) mass is 366 g/mol. The van der Waals surface area contributed by atoms with E-state index < -0.39 is 0 Å². The Hall–Kier alpha value is -2.77. The van der Waals surface area contributed by atoms with Crippen molar-refractivity contribution in [2.24, 2.45) is 0 Å². The normalized spacial score (nSPS) is 10.7. The molecule has 1 aromatic carbocycles. The number of thiophene rings is 1. The number of rotatable bonds is 5. The molecule has 3 aromatic heterocycles. The van der Waals surface area contributed by atoms with Gasteiger partial charge in [-0.25, -0.2) is 0 Å². The van der Waals surface area contributed by atoms with Crippen LogP contribution in [0, 0.1) is 0 Å². The van der Waals surface area contributed by atoms with Crippen molar-refractivity contribution in [1.82, 2.24) is 15.2 Å². The fraction of sp³-hybridized carbons (Fsp3) is 0.0556. The third-order valence-electron chi connectivity index (χ3n) is 3.60. The standard InChI is InChI=1S/C18H14N4OS2/c23-15-8-2-1-7-14(15)22(12-13-6-3-4-10-19-13)18-21-20-17(25-18)16-9-5-11-24-16/h1-11,23H,12H2. The van der Waals surface area contributed by atoms with Crippen LogP contribution >= 0.6 is 22.7 Å². The molecule has 0 aliphatic heterocycles. The summed E-state index contributed by atoms with van der Waals surface area (Å²) >= 11 is 3.13. The predicted molar refractivity (Wildman–Crippen MR) is 101 cm³/mol. The average Bonchev–Trinajstić information content (AvgIpc) is 3.33. The first kappa shape index (κ1) is 15.7. The maximum atomic E-state index is 10.3. The van der Waals surface area contributed by atoms with Gasteiger partial charge in [0.15, 0.2) is 5.01 Å². The van der Waals surface area contributed by atoms with E-state index in [1.54, 1.807) is 29.7 Å². The Morgan fingerprint density at radius 2 is 1.84 bits per heavy atom. The second-order valence-corrected chi connectivity index (χ2v) is 7.17. The molecule has 0 saturated carbocycles. The highest BCUT2D eigenvalue weighted by Crippen LogP contribution is 2.38. The van der Waals surface area contributed by atoms with Crippen LogP contribution in [-0.4, -0.2) is 20.3 Å². The van der Waals surface area contributed by atoms with Gasteiger partial charge in [0.25, 0.3) is 0 Å². The van der Waals surface area contributed by atoms with Crippen molar-refractivity contribution in [3.63, 3.8) is 0 Å². The van der Waals surface area contributed by atoms with Gasteiger partial charge in [0.2, 0.25) is 5.13 Å². The van der Waals surface area contributed by atoms with E-state index in [0.29, 0.717) is 12.2 Å². The summed E-state index contributed by atoms with van der Waals surface area (Å²) in [5.74, 6) is 0.200. The minimum absolute atomic E-state index is 0.200. The molecule has 0 aliphatic carbocycles. The maximum Gasteiger partial charge on any atom is 0.213 e. The molecular formula is C18H14N4OS2. The number of aromatic hydroxyl groups is 1. The molecule has 25 heavy (non-hydrogen) atoms. The van der Waals surface area contributed by atoms with E-state index in [2.05, 4.69) is 15.2 Å². The van der Waals surface area contributed by atoms with Crippen LogP contribution in [0.4, 0.5) is 10.8 Å². The number of para-hydroxylation sites is 2. The van der Waals surface area contributed by atoms with Crippen LogP contribution in [0.15, 0.2) is 66.2 Å². The first-order valence-electron chi connectivity index (χ1n) is 7.64. The molecular weight excluding hydrogens is 352 g/mol. The molecule has 0 saturated heterocycles. The number of nitrogens with zero attached hydrogens (tertiary/aromatic N) is 4. The molecule has 0 fully saturated rings. The van der Waals surface area contributed by atoms with Crippen molar-refractivity contribution in [3.8, 4) is 15.6 Å². The van der Waals surface area contributed by atoms with Crippen molar-refractivity contribution in [2.45, 2.75) is 6.54 Å². The van der Waals surface area contributed by atoms with Gasteiger partial charge in [0.05, 0.1) is 22.8 Å². The molecule has 0 spiro atoms. The zero-order valence-electron chi connectivity index (χ0n) is 13.1. The smallest absolute Gasteiger partial charge is 0.213 e. The number of aromatic nitrogens is 3. The minimum Gasteiger partial charge on any atom is -0.506 e. The second-order valence-electron chi connectivity index (χ2n) is 5.26. The van der Waals surface area contributed by atoms with Crippen LogP contribution in [0.1, 0.15) is 5.69 Å². The Labute approximate surface area is 152 Å². The molecule has 4 rings (SSSR count). The number of hydrogen-bond acceptors (Lipinski definition) is 7. The van der Waals surface area contributed by atoms with E-state index in [1.165, 1.54) is 11.3 Å². The molecule has 5 nitrogen and oxygen atoms in total. The Kier molecular flexibility index (Phi) is 4.41. The molecule has 0 atom stereocenters. The lowest BCUT2D eigenvalue weighted by Gasteiger charge is -2.21. The fourth-order valence-corrected chi connectivity index (χ4v) is 4.08. The summed E-state index contributed by atoms with van der Waals surface area (Å²) < 4.78 is 0. The lowest BCUT2D eigenvalue weighted by Crippen LogP contribution is -2.17. The third-order valence-corrected chi connectivity index (χ3v) is 5.58. The van der Waals surface area contributed by atoms with Crippen LogP contribution in [0.25, 0.3) is 9.88 Å². The van der Waals surface area contributed by atoms with Crippen molar-refractivity contribution in [1.29, 1.82) is 0 Å². The average molecular weight is 366 g/mol. The number of pyridine rings is 1. The van der Waals surface area contributed by atoms with Gasteiger partial charge >= 0.3 is 0 Å². The topological polar surface area (TPSA) is 62.1 Å². The Morgan fingerprint density at radius 3 is 2.60 bits per heavy atom. The van der Waals surface area contributed by atoms with E-state index in [1.807, 2.05) is 52.7 Å². The van der Waals surface area contributed by atoms with Gasteiger partial charge in [0, 0.05) is 6.20 Å². The Bertz CT molecular complexity index is 954. The van der Waals surface area contributed by atoms with E-state index in [4.69, 9.17) is 0 Å². The van der Waals surface area contributed by atoms with Crippen LogP contribution < -0.4 is 4.90 Å². The van der Waals surface area contributed by atoms with Gasteiger partial charge < -0.3 is 10.0 Å². The van der Waals surface area contributed by atoms with E-state index in [9.17, 15) is 5.11 Å². The van der Waals surface area contributed by atoms with Crippen molar-refractivity contribution < 1.29 is 5.11 Å². The summed E-state index contributed by atoms with van der Waals surface area (Å²) in [6.07, 6.45) is 1.76. The SMILES string of the molecule is Oc1ccccc1N(Cc1ccccn1)c1nnc(-c2cccs2)s1. The first-order valence-corrected chi connectivity index (χ1v) is 9.34. The Morgan fingerprint density at radius 1 is 0.960 bits per heavy atom. The maximum absolute atomic E-state index is 10.3.